The first-order valence-corrected chi connectivity index (χ1v) is 5.63. The van der Waals surface area contributed by atoms with Gasteiger partial charge in [0, 0.05) is 12.7 Å². The average molecular weight is 270 g/mol. The van der Waals surface area contributed by atoms with Gasteiger partial charge in [-0.1, -0.05) is 6.07 Å². The number of halogens is 1. The normalized spacial score (nSPS) is 9.95. The number of carboxylic acid groups (broad SMARTS) is 1. The number of aryl methyl sites for hydroxylation is 1. The largest absolute Gasteiger partial charge is 0.480 e. The zero-order chi connectivity index (χ0) is 15.1. The summed E-state index contributed by atoms with van der Waals surface area (Å²) in [7, 11) is 1.56. The van der Waals surface area contributed by atoms with Crippen molar-refractivity contribution in [2.45, 2.75) is 26.3 Å². The molecule has 0 bridgehead atoms. The van der Waals surface area contributed by atoms with Gasteiger partial charge in [-0.25, -0.2) is 9.18 Å². The Bertz CT molecular complexity index is 448. The van der Waals surface area contributed by atoms with Gasteiger partial charge in [-0.3, -0.25) is 4.79 Å². The van der Waals surface area contributed by atoms with Crippen molar-refractivity contribution in [3.8, 4) is 0 Å². The molecule has 0 spiro atoms. The van der Waals surface area contributed by atoms with Crippen LogP contribution in [-0.2, 0) is 9.59 Å². The Hall–Kier alpha value is -2.11. The minimum atomic E-state index is -1.11. The van der Waals surface area contributed by atoms with Gasteiger partial charge >= 0.3 is 5.97 Å². The predicted octanol–water partition coefficient (Wildman–Crippen LogP) is 1.77. The Kier molecular flexibility index (Phi) is 6.54. The third-order valence-electron chi connectivity index (χ3n) is 2.28. The van der Waals surface area contributed by atoms with Gasteiger partial charge in [-0.05, 0) is 38.5 Å². The molecular weight excluding hydrogens is 251 g/mol. The Balaban J connectivity index is 0.000000711. The molecule has 5 nitrogen and oxygen atoms in total. The maximum absolute atomic E-state index is 13.2. The second-order valence-electron chi connectivity index (χ2n) is 4.43. The van der Waals surface area contributed by atoms with Crippen molar-refractivity contribution < 1.29 is 19.1 Å². The molecule has 6 heteroatoms. The number of carbonyl (C=O) groups excluding carboxylic acids is 1. The van der Waals surface area contributed by atoms with Crippen molar-refractivity contribution in [1.29, 1.82) is 0 Å². The quantitative estimate of drug-likeness (QED) is 0.729. The third kappa shape index (κ3) is 5.85. The number of hydrogen-bond acceptors (Lipinski definition) is 3. The number of nitrogens with one attached hydrogen (secondary N) is 2. The van der Waals surface area contributed by atoms with Crippen molar-refractivity contribution in [3.05, 3.63) is 29.6 Å². The van der Waals surface area contributed by atoms with Crippen LogP contribution in [-0.4, -0.2) is 30.1 Å². The lowest BCUT2D eigenvalue weighted by molar-refractivity contribution is -0.141. The standard InChI is InChI=1S/C11H14FNO2.C2H5NO/c1-7-4-5-8(6-9(7)12)13-11(2,3)10(14)15;1-3-2-4/h4-6,13H,1-3H3,(H,14,15);2H,1H3,(H,3,4). The molecule has 1 rings (SSSR count). The number of anilines is 1. The molecule has 19 heavy (non-hydrogen) atoms. The lowest BCUT2D eigenvalue weighted by Gasteiger charge is -2.22. The van der Waals surface area contributed by atoms with Crippen molar-refractivity contribution in [2.75, 3.05) is 12.4 Å². The molecule has 0 aromatic heterocycles. The molecule has 0 aliphatic carbocycles. The summed E-state index contributed by atoms with van der Waals surface area (Å²) < 4.78 is 13.2. The van der Waals surface area contributed by atoms with Crippen LogP contribution >= 0.6 is 0 Å². The van der Waals surface area contributed by atoms with E-state index in [9.17, 15) is 9.18 Å². The van der Waals surface area contributed by atoms with Crippen molar-refractivity contribution in [1.82, 2.24) is 5.32 Å². The fourth-order valence-electron chi connectivity index (χ4n) is 1.08. The summed E-state index contributed by atoms with van der Waals surface area (Å²) in [6, 6.07) is 4.55. The van der Waals surface area contributed by atoms with Crippen LogP contribution in [0, 0.1) is 12.7 Å². The molecule has 0 atom stereocenters. The van der Waals surface area contributed by atoms with E-state index in [1.54, 1.807) is 26.1 Å². The summed E-state index contributed by atoms with van der Waals surface area (Å²) in [5, 5.41) is 13.9. The average Bonchev–Trinajstić information content (AvgIpc) is 2.33. The first-order chi connectivity index (χ1) is 8.74. The fourth-order valence-corrected chi connectivity index (χ4v) is 1.08. The van der Waals surface area contributed by atoms with E-state index in [2.05, 4.69) is 10.6 Å². The molecule has 0 saturated heterocycles. The zero-order valence-electron chi connectivity index (χ0n) is 11.5. The van der Waals surface area contributed by atoms with Gasteiger partial charge in [0.05, 0.1) is 0 Å². The van der Waals surface area contributed by atoms with Crippen LogP contribution in [0.5, 0.6) is 0 Å². The summed E-state index contributed by atoms with van der Waals surface area (Å²) >= 11 is 0. The highest BCUT2D eigenvalue weighted by molar-refractivity contribution is 5.81. The van der Waals surface area contributed by atoms with E-state index in [4.69, 9.17) is 9.90 Å². The third-order valence-corrected chi connectivity index (χ3v) is 2.28. The maximum Gasteiger partial charge on any atom is 0.328 e. The molecule has 1 aromatic carbocycles. The molecule has 1 aromatic rings. The topological polar surface area (TPSA) is 78.4 Å². The molecule has 0 unspecified atom stereocenters. The Morgan fingerprint density at radius 2 is 1.95 bits per heavy atom. The maximum atomic E-state index is 13.2. The monoisotopic (exact) mass is 270 g/mol. The summed E-state index contributed by atoms with van der Waals surface area (Å²) in [5.41, 5.74) is -0.110. The number of hydrogen-bond donors (Lipinski definition) is 3. The van der Waals surface area contributed by atoms with Gasteiger partial charge in [-0.2, -0.15) is 0 Å². The predicted molar refractivity (Wildman–Crippen MR) is 71.6 cm³/mol. The first-order valence-electron chi connectivity index (χ1n) is 5.63. The van der Waals surface area contributed by atoms with Gasteiger partial charge in [0.25, 0.3) is 0 Å². The molecule has 0 radical (unpaired) electrons. The molecule has 0 saturated carbocycles. The Morgan fingerprint density at radius 1 is 1.42 bits per heavy atom. The smallest absolute Gasteiger partial charge is 0.328 e. The van der Waals surface area contributed by atoms with E-state index in [-0.39, 0.29) is 5.82 Å². The van der Waals surface area contributed by atoms with E-state index in [0.29, 0.717) is 17.7 Å². The first kappa shape index (κ1) is 16.9. The molecule has 1 amide bonds. The molecular formula is C13H19FN2O3. The van der Waals surface area contributed by atoms with Crippen LogP contribution in [0.3, 0.4) is 0 Å². The van der Waals surface area contributed by atoms with Crippen molar-refractivity contribution in [2.24, 2.45) is 0 Å². The van der Waals surface area contributed by atoms with E-state index in [1.165, 1.54) is 19.9 Å². The summed E-state index contributed by atoms with van der Waals surface area (Å²) in [6.45, 7) is 4.70. The number of aliphatic carboxylic acids is 1. The minimum absolute atomic E-state index is 0.346. The lowest BCUT2D eigenvalue weighted by Crippen LogP contribution is -2.39. The molecule has 0 aliphatic heterocycles. The Morgan fingerprint density at radius 3 is 2.32 bits per heavy atom. The van der Waals surface area contributed by atoms with Crippen molar-refractivity contribution >= 4 is 18.1 Å². The molecule has 3 N–H and O–H groups in total. The van der Waals surface area contributed by atoms with Gasteiger partial charge in [0.1, 0.15) is 11.4 Å². The molecule has 106 valence electrons. The van der Waals surface area contributed by atoms with Crippen LogP contribution < -0.4 is 10.6 Å². The van der Waals surface area contributed by atoms with Gasteiger partial charge in [-0.15, -0.1) is 0 Å². The highest BCUT2D eigenvalue weighted by Gasteiger charge is 2.26. The second-order valence-corrected chi connectivity index (χ2v) is 4.43. The number of amides is 1. The minimum Gasteiger partial charge on any atom is -0.480 e. The highest BCUT2D eigenvalue weighted by atomic mass is 19.1. The second kappa shape index (κ2) is 7.35. The lowest BCUT2D eigenvalue weighted by atomic mass is 10.1. The fraction of sp³-hybridized carbons (Fsp3) is 0.385. The van der Waals surface area contributed by atoms with Gasteiger partial charge < -0.3 is 15.7 Å². The van der Waals surface area contributed by atoms with Gasteiger partial charge in [0.15, 0.2) is 0 Å². The summed E-state index contributed by atoms with van der Waals surface area (Å²) in [5.74, 6) is -1.33. The van der Waals surface area contributed by atoms with Crippen molar-refractivity contribution in [3.63, 3.8) is 0 Å². The number of rotatable bonds is 4. The summed E-state index contributed by atoms with van der Waals surface area (Å²) in [4.78, 5) is 19.9. The highest BCUT2D eigenvalue weighted by Crippen LogP contribution is 2.18. The van der Waals surface area contributed by atoms with E-state index < -0.39 is 11.5 Å². The van der Waals surface area contributed by atoms with Crippen LogP contribution in [0.25, 0.3) is 0 Å². The van der Waals surface area contributed by atoms with Crippen LogP contribution in [0.1, 0.15) is 19.4 Å². The SMILES string of the molecule is CNC=O.Cc1ccc(NC(C)(C)C(=O)O)cc1F. The van der Waals surface area contributed by atoms with E-state index >= 15 is 0 Å². The molecule has 0 fully saturated rings. The molecule has 0 heterocycles. The van der Waals surface area contributed by atoms with Crippen LogP contribution in [0.15, 0.2) is 18.2 Å². The Labute approximate surface area is 111 Å². The van der Waals surface area contributed by atoms with E-state index in [1.807, 2.05) is 0 Å². The number of benzene rings is 1. The van der Waals surface area contributed by atoms with E-state index in [0.717, 1.165) is 0 Å². The number of carbonyl (C=O) groups is 2. The van der Waals surface area contributed by atoms with Gasteiger partial charge in [0.2, 0.25) is 6.41 Å². The summed E-state index contributed by atoms with van der Waals surface area (Å²) in [6.07, 6.45) is 0.625. The van der Waals surface area contributed by atoms with Crippen LogP contribution in [0.4, 0.5) is 10.1 Å². The number of carboxylic acids is 1. The zero-order valence-corrected chi connectivity index (χ0v) is 11.5. The molecule has 0 aliphatic rings. The van der Waals surface area contributed by atoms with Crippen LogP contribution in [0.2, 0.25) is 0 Å².